The molecular weight excluding hydrogens is 288 g/mol. The number of aromatic carboxylic acids is 1. The van der Waals surface area contributed by atoms with Gasteiger partial charge in [-0.05, 0) is 35.4 Å². The van der Waals surface area contributed by atoms with Crippen LogP contribution in [0.2, 0.25) is 5.02 Å². The third-order valence-corrected chi connectivity index (χ3v) is 3.25. The second kappa shape index (κ2) is 6.41. The summed E-state index contributed by atoms with van der Waals surface area (Å²) in [5.74, 6) is -1.26. The Bertz CT molecular complexity index is 679. The van der Waals surface area contributed by atoms with E-state index in [1.807, 2.05) is 43.3 Å². The first-order chi connectivity index (χ1) is 9.97. The normalized spacial score (nSPS) is 10.8. The number of hydrogen-bond donors (Lipinski definition) is 0. The van der Waals surface area contributed by atoms with Crippen molar-refractivity contribution in [3.8, 4) is 0 Å². The van der Waals surface area contributed by atoms with Gasteiger partial charge in [0.2, 0.25) is 0 Å². The average Bonchev–Trinajstić information content (AvgIpc) is 2.46. The highest BCUT2D eigenvalue weighted by Gasteiger charge is 2.01. The quantitative estimate of drug-likeness (QED) is 0.815. The van der Waals surface area contributed by atoms with E-state index in [9.17, 15) is 9.90 Å². The van der Waals surface area contributed by atoms with Crippen molar-refractivity contribution in [3.05, 3.63) is 58.6 Å². The van der Waals surface area contributed by atoms with Gasteiger partial charge in [0.25, 0.3) is 0 Å². The summed E-state index contributed by atoms with van der Waals surface area (Å²) in [7, 11) is 3.95. The Morgan fingerprint density at radius 2 is 1.86 bits per heavy atom. The fraction of sp³-hybridized carbons (Fsp3) is 0.125. The van der Waals surface area contributed by atoms with Gasteiger partial charge in [-0.2, -0.15) is 0 Å². The van der Waals surface area contributed by atoms with E-state index in [0.29, 0.717) is 5.69 Å². The van der Waals surface area contributed by atoms with Crippen LogP contribution in [-0.4, -0.2) is 26.3 Å². The average molecular weight is 302 g/mol. The number of carboxylic acid groups (broad SMARTS) is 1. The molecule has 0 amide bonds. The van der Waals surface area contributed by atoms with E-state index in [-0.39, 0.29) is 10.6 Å². The molecule has 0 saturated heterocycles. The third-order valence-electron chi connectivity index (χ3n) is 2.95. The molecule has 4 nitrogen and oxygen atoms in total. The van der Waals surface area contributed by atoms with Gasteiger partial charge < -0.3 is 14.8 Å². The maximum Gasteiger partial charge on any atom is 0.0816 e. The number of halogens is 1. The summed E-state index contributed by atoms with van der Waals surface area (Å²) in [6.07, 6.45) is 1.68. The number of carbonyl (C=O) groups is 1. The highest BCUT2D eigenvalue weighted by atomic mass is 35.5. The molecule has 0 N–H and O–H groups in total. The highest BCUT2D eigenvalue weighted by Crippen LogP contribution is 2.25. The second-order valence-electron chi connectivity index (χ2n) is 4.70. The van der Waals surface area contributed by atoms with Gasteiger partial charge in [0.15, 0.2) is 0 Å². The molecule has 0 bridgehead atoms. The van der Waals surface area contributed by atoms with E-state index in [1.54, 1.807) is 12.3 Å². The van der Waals surface area contributed by atoms with Gasteiger partial charge >= 0.3 is 0 Å². The molecule has 0 spiro atoms. The summed E-state index contributed by atoms with van der Waals surface area (Å²) in [4.78, 5) is 17.0. The number of benzene rings is 2. The summed E-state index contributed by atoms with van der Waals surface area (Å²) in [5.41, 5.74) is 2.58. The Morgan fingerprint density at radius 1 is 1.19 bits per heavy atom. The minimum atomic E-state index is -1.26. The smallest absolute Gasteiger partial charge is 0.0816 e. The van der Waals surface area contributed by atoms with Gasteiger partial charge in [-0.1, -0.05) is 29.8 Å². The zero-order chi connectivity index (χ0) is 15.4. The van der Waals surface area contributed by atoms with Gasteiger partial charge in [-0.3, -0.25) is 4.99 Å². The molecule has 0 radical (unpaired) electrons. The van der Waals surface area contributed by atoms with Gasteiger partial charge in [0.1, 0.15) is 0 Å². The number of nitrogens with zero attached hydrogens (tertiary/aromatic N) is 2. The zero-order valence-corrected chi connectivity index (χ0v) is 12.5. The minimum Gasteiger partial charge on any atom is -0.545 e. The Morgan fingerprint density at radius 3 is 2.38 bits per heavy atom. The number of anilines is 1. The lowest BCUT2D eigenvalue weighted by Gasteiger charge is -2.11. The van der Waals surface area contributed by atoms with Crippen LogP contribution in [0.25, 0.3) is 0 Å². The molecule has 2 aromatic rings. The molecule has 0 atom stereocenters. The van der Waals surface area contributed by atoms with Crippen LogP contribution in [0, 0.1) is 0 Å². The van der Waals surface area contributed by atoms with E-state index in [2.05, 4.69) is 4.99 Å². The lowest BCUT2D eigenvalue weighted by molar-refractivity contribution is -0.255. The maximum absolute atomic E-state index is 10.7. The van der Waals surface area contributed by atoms with E-state index in [0.717, 1.165) is 11.3 Å². The Balaban J connectivity index is 2.19. The van der Waals surface area contributed by atoms with Crippen LogP contribution in [-0.2, 0) is 0 Å². The van der Waals surface area contributed by atoms with Crippen molar-refractivity contribution in [1.82, 2.24) is 0 Å². The fourth-order valence-corrected chi connectivity index (χ4v) is 1.97. The molecule has 0 aromatic heterocycles. The van der Waals surface area contributed by atoms with Gasteiger partial charge in [0.05, 0.1) is 16.7 Å². The predicted octanol–water partition coefficient (Wildman–Crippen LogP) is 2.52. The van der Waals surface area contributed by atoms with Crippen LogP contribution < -0.4 is 10.0 Å². The van der Waals surface area contributed by atoms with Crippen LogP contribution >= 0.6 is 11.6 Å². The number of aliphatic imine (C=N–C) groups is 1. The SMILES string of the molecule is CN(C)c1ccc(C=Nc2ccc(C(=O)[O-])cc2Cl)cc1. The summed E-state index contributed by atoms with van der Waals surface area (Å²) < 4.78 is 0. The fourth-order valence-electron chi connectivity index (χ4n) is 1.74. The molecule has 108 valence electrons. The van der Waals surface area contributed by atoms with Crippen molar-refractivity contribution in [2.45, 2.75) is 0 Å². The lowest BCUT2D eigenvalue weighted by Crippen LogP contribution is -2.21. The summed E-state index contributed by atoms with van der Waals surface area (Å²) in [5, 5.41) is 11.0. The standard InChI is InChI=1S/C16H15ClN2O2/c1-19(2)13-6-3-11(4-7-13)10-18-15-8-5-12(16(20)21)9-14(15)17/h3-10H,1-2H3,(H,20,21)/p-1. The number of carboxylic acids is 1. The zero-order valence-electron chi connectivity index (χ0n) is 11.7. The number of carbonyl (C=O) groups excluding carboxylic acids is 1. The third kappa shape index (κ3) is 3.83. The van der Waals surface area contributed by atoms with Crippen molar-refractivity contribution in [2.75, 3.05) is 19.0 Å². The maximum atomic E-state index is 10.7. The van der Waals surface area contributed by atoms with Gasteiger partial charge in [-0.25, -0.2) is 0 Å². The Kier molecular flexibility index (Phi) is 4.60. The highest BCUT2D eigenvalue weighted by molar-refractivity contribution is 6.33. The van der Waals surface area contributed by atoms with Crippen molar-refractivity contribution in [1.29, 1.82) is 0 Å². The van der Waals surface area contributed by atoms with Crippen LogP contribution in [0.5, 0.6) is 0 Å². The molecule has 0 fully saturated rings. The predicted molar refractivity (Wildman–Crippen MR) is 83.8 cm³/mol. The first-order valence-corrected chi connectivity index (χ1v) is 6.67. The first-order valence-electron chi connectivity index (χ1n) is 6.30. The van der Waals surface area contributed by atoms with Crippen LogP contribution in [0.3, 0.4) is 0 Å². The molecule has 0 aliphatic carbocycles. The number of rotatable bonds is 4. The topological polar surface area (TPSA) is 55.7 Å². The molecular formula is C16H14ClN2O2-. The first kappa shape index (κ1) is 15.1. The Labute approximate surface area is 128 Å². The molecule has 21 heavy (non-hydrogen) atoms. The monoisotopic (exact) mass is 301 g/mol. The van der Waals surface area contributed by atoms with Crippen molar-refractivity contribution >= 4 is 35.2 Å². The van der Waals surface area contributed by atoms with Gasteiger partial charge in [0, 0.05) is 26.0 Å². The lowest BCUT2D eigenvalue weighted by atomic mass is 10.2. The van der Waals surface area contributed by atoms with Crippen molar-refractivity contribution < 1.29 is 9.90 Å². The van der Waals surface area contributed by atoms with E-state index < -0.39 is 5.97 Å². The van der Waals surface area contributed by atoms with Crippen molar-refractivity contribution in [2.24, 2.45) is 4.99 Å². The van der Waals surface area contributed by atoms with Crippen LogP contribution in [0.1, 0.15) is 15.9 Å². The molecule has 0 unspecified atom stereocenters. The molecule has 0 heterocycles. The summed E-state index contributed by atoms with van der Waals surface area (Å²) in [6.45, 7) is 0. The molecule has 0 aliphatic heterocycles. The molecule has 2 rings (SSSR count). The van der Waals surface area contributed by atoms with Crippen LogP contribution in [0.15, 0.2) is 47.5 Å². The molecule has 2 aromatic carbocycles. The minimum absolute atomic E-state index is 0.0364. The van der Waals surface area contributed by atoms with Crippen LogP contribution in [0.4, 0.5) is 11.4 Å². The largest absolute Gasteiger partial charge is 0.545 e. The molecule has 5 heteroatoms. The van der Waals surface area contributed by atoms with Gasteiger partial charge in [-0.15, -0.1) is 0 Å². The second-order valence-corrected chi connectivity index (χ2v) is 5.11. The van der Waals surface area contributed by atoms with E-state index in [1.165, 1.54) is 12.1 Å². The molecule has 0 saturated carbocycles. The molecule has 0 aliphatic rings. The van der Waals surface area contributed by atoms with E-state index in [4.69, 9.17) is 11.6 Å². The number of hydrogen-bond acceptors (Lipinski definition) is 4. The summed E-state index contributed by atoms with van der Waals surface area (Å²) in [6, 6.07) is 12.2. The van der Waals surface area contributed by atoms with E-state index >= 15 is 0 Å². The van der Waals surface area contributed by atoms with Crippen molar-refractivity contribution in [3.63, 3.8) is 0 Å². The Hall–Kier alpha value is -2.33. The summed E-state index contributed by atoms with van der Waals surface area (Å²) >= 11 is 5.99.